The Kier molecular flexibility index (Phi) is 42.6. The first-order chi connectivity index (χ1) is 29.1. The summed E-state index contributed by atoms with van der Waals surface area (Å²) in [6, 6.07) is -1.52. The van der Waals surface area contributed by atoms with Crippen LogP contribution in [0.15, 0.2) is 12.7 Å². The maximum absolute atomic E-state index is 12.7. The van der Waals surface area contributed by atoms with E-state index in [4.69, 9.17) is 24.8 Å². The molecule has 0 saturated heterocycles. The second-order valence-corrected chi connectivity index (χ2v) is 18.5. The number of carboxylic acid groups (broad SMARTS) is 1. The van der Waals surface area contributed by atoms with Crippen molar-refractivity contribution in [3.8, 4) is 0 Å². The molecule has 12 heteroatoms. The molecule has 0 aromatic carbocycles. The zero-order chi connectivity index (χ0) is 44.2. The summed E-state index contributed by atoms with van der Waals surface area (Å²) in [6.45, 7) is 4.37. The molecule has 0 saturated carbocycles. The number of carboxylic acids is 1. The van der Waals surface area contributed by atoms with Gasteiger partial charge in [-0.25, -0.2) is 4.57 Å². The zero-order valence-electron chi connectivity index (χ0n) is 38.4. The average Bonchev–Trinajstić information content (AvgIpc) is 3.22. The third kappa shape index (κ3) is 42.9. The molecule has 1 unspecified atom stereocenters. The van der Waals surface area contributed by atoms with Gasteiger partial charge in [0.15, 0.2) is 6.10 Å². The van der Waals surface area contributed by atoms with Gasteiger partial charge in [-0.3, -0.25) is 23.4 Å². The van der Waals surface area contributed by atoms with Crippen molar-refractivity contribution in [1.82, 2.24) is 0 Å². The molecule has 354 valence electrons. The molecule has 0 radical (unpaired) electrons. The fourth-order valence-electron chi connectivity index (χ4n) is 7.28. The van der Waals surface area contributed by atoms with E-state index in [9.17, 15) is 23.8 Å². The van der Waals surface area contributed by atoms with Crippen molar-refractivity contribution in [3.63, 3.8) is 0 Å². The molecule has 0 aliphatic rings. The summed E-state index contributed by atoms with van der Waals surface area (Å²) in [5.41, 5.74) is 5.35. The Balaban J connectivity index is 4.18. The minimum Gasteiger partial charge on any atom is -0.480 e. The highest BCUT2D eigenvalue weighted by Crippen LogP contribution is 2.43. The van der Waals surface area contributed by atoms with E-state index in [0.29, 0.717) is 12.8 Å². The van der Waals surface area contributed by atoms with Crippen molar-refractivity contribution in [1.29, 1.82) is 0 Å². The van der Waals surface area contributed by atoms with Gasteiger partial charge in [0.25, 0.3) is 0 Å². The molecule has 60 heavy (non-hydrogen) atoms. The van der Waals surface area contributed by atoms with Crippen LogP contribution in [0.25, 0.3) is 0 Å². The standard InChI is InChI=1S/C48H92NO10P/c1-3-5-7-9-11-13-15-17-19-20-21-22-23-24-26-27-29-31-33-35-37-39-46(50)56-41-44(42-57-60(54,55)58-43-45(49)48(52)53)59-47(51)40-38-36-34-32-30-28-25-18-16-14-12-10-8-6-4-2/h4,44-45H,2-3,5-43,49H2,1H3,(H,52,53)(H,54,55)/t44-,45-/m0/s1. The topological polar surface area (TPSA) is 172 Å². The quantitative estimate of drug-likeness (QED) is 0.0230. The number of carbonyl (C=O) groups excluding carboxylic acids is 2. The molecule has 0 aromatic rings. The third-order valence-corrected chi connectivity index (χ3v) is 12.1. The summed E-state index contributed by atoms with van der Waals surface area (Å²) in [7, 11) is -4.71. The van der Waals surface area contributed by atoms with Crippen molar-refractivity contribution in [2.75, 3.05) is 19.8 Å². The SMILES string of the molecule is C=CCCCCCCCCCCCCCCCC(=O)O[C@@H](COC(=O)CCCCCCCCCCCCCCCCCCCCCCC)COP(=O)(O)OC[C@H](N)C(=O)O. The second kappa shape index (κ2) is 43.9. The van der Waals surface area contributed by atoms with Gasteiger partial charge < -0.3 is 25.2 Å². The normalized spacial score (nSPS) is 13.4. The van der Waals surface area contributed by atoms with Crippen LogP contribution in [0.5, 0.6) is 0 Å². The van der Waals surface area contributed by atoms with Crippen molar-refractivity contribution in [2.24, 2.45) is 5.73 Å². The van der Waals surface area contributed by atoms with E-state index < -0.39 is 51.1 Å². The molecule has 0 bridgehead atoms. The highest BCUT2D eigenvalue weighted by Gasteiger charge is 2.28. The van der Waals surface area contributed by atoms with Gasteiger partial charge in [0.2, 0.25) is 0 Å². The number of unbranched alkanes of at least 4 members (excludes halogenated alkanes) is 33. The van der Waals surface area contributed by atoms with Crippen molar-refractivity contribution in [3.05, 3.63) is 12.7 Å². The number of nitrogens with two attached hydrogens (primary N) is 1. The molecule has 0 aliphatic heterocycles. The lowest BCUT2D eigenvalue weighted by atomic mass is 10.0. The maximum Gasteiger partial charge on any atom is 0.472 e. The van der Waals surface area contributed by atoms with Crippen molar-refractivity contribution >= 4 is 25.7 Å². The predicted molar refractivity (Wildman–Crippen MR) is 245 cm³/mol. The molecule has 0 spiro atoms. The van der Waals surface area contributed by atoms with Crippen LogP contribution in [0, 0.1) is 0 Å². The lowest BCUT2D eigenvalue weighted by Crippen LogP contribution is -2.34. The minimum absolute atomic E-state index is 0.164. The Morgan fingerprint density at radius 2 is 0.867 bits per heavy atom. The first-order valence-electron chi connectivity index (χ1n) is 24.7. The smallest absolute Gasteiger partial charge is 0.472 e. The van der Waals surface area contributed by atoms with Gasteiger partial charge in [-0.15, -0.1) is 6.58 Å². The Morgan fingerprint density at radius 3 is 1.23 bits per heavy atom. The molecular formula is C48H92NO10P. The Hall–Kier alpha value is -1.78. The zero-order valence-corrected chi connectivity index (χ0v) is 39.3. The monoisotopic (exact) mass is 874 g/mol. The van der Waals surface area contributed by atoms with E-state index in [1.165, 1.54) is 167 Å². The van der Waals surface area contributed by atoms with E-state index >= 15 is 0 Å². The van der Waals surface area contributed by atoms with Crippen LogP contribution in [0.3, 0.4) is 0 Å². The number of ether oxygens (including phenoxy) is 2. The average molecular weight is 874 g/mol. The first kappa shape index (κ1) is 58.2. The molecule has 0 fully saturated rings. The molecule has 0 rings (SSSR count). The lowest BCUT2D eigenvalue weighted by molar-refractivity contribution is -0.161. The first-order valence-corrected chi connectivity index (χ1v) is 26.2. The number of phosphoric acid groups is 1. The number of hydrogen-bond donors (Lipinski definition) is 3. The number of aliphatic carboxylic acids is 1. The number of hydrogen-bond acceptors (Lipinski definition) is 9. The molecular weight excluding hydrogens is 781 g/mol. The highest BCUT2D eigenvalue weighted by atomic mass is 31.2. The van der Waals surface area contributed by atoms with Gasteiger partial charge in [0.1, 0.15) is 12.6 Å². The second-order valence-electron chi connectivity index (χ2n) is 17.0. The molecule has 0 aliphatic carbocycles. The summed E-state index contributed by atoms with van der Waals surface area (Å²) in [5, 5.41) is 8.91. The fraction of sp³-hybridized carbons (Fsp3) is 0.896. The van der Waals surface area contributed by atoms with Crippen LogP contribution >= 0.6 is 7.82 Å². The van der Waals surface area contributed by atoms with Crippen LogP contribution in [0.4, 0.5) is 0 Å². The highest BCUT2D eigenvalue weighted by molar-refractivity contribution is 7.47. The van der Waals surface area contributed by atoms with E-state index in [2.05, 4.69) is 18.0 Å². The number of allylic oxidation sites excluding steroid dienone is 1. The lowest BCUT2D eigenvalue weighted by Gasteiger charge is -2.20. The summed E-state index contributed by atoms with van der Waals surface area (Å²) in [5.74, 6) is -2.36. The molecule has 4 N–H and O–H groups in total. The van der Waals surface area contributed by atoms with Crippen LogP contribution in [-0.4, -0.2) is 59.9 Å². The molecule has 3 atom stereocenters. The summed E-state index contributed by atoms with van der Waals surface area (Å²) in [4.78, 5) is 46.1. The van der Waals surface area contributed by atoms with E-state index in [0.717, 1.165) is 44.9 Å². The number of esters is 2. The van der Waals surface area contributed by atoms with Gasteiger partial charge in [-0.2, -0.15) is 0 Å². The van der Waals surface area contributed by atoms with Gasteiger partial charge >= 0.3 is 25.7 Å². The van der Waals surface area contributed by atoms with Crippen LogP contribution < -0.4 is 5.73 Å². The Labute approximate surface area is 367 Å². The number of carbonyl (C=O) groups is 3. The summed E-state index contributed by atoms with van der Waals surface area (Å²) in [6.07, 6.45) is 44.5. The van der Waals surface area contributed by atoms with Gasteiger partial charge in [0, 0.05) is 12.8 Å². The van der Waals surface area contributed by atoms with Gasteiger partial charge in [-0.1, -0.05) is 212 Å². The van der Waals surface area contributed by atoms with Crippen LogP contribution in [-0.2, 0) is 37.5 Å². The van der Waals surface area contributed by atoms with Crippen LogP contribution in [0.2, 0.25) is 0 Å². The maximum atomic E-state index is 12.7. The fourth-order valence-corrected chi connectivity index (χ4v) is 8.06. The van der Waals surface area contributed by atoms with Gasteiger partial charge in [-0.05, 0) is 25.7 Å². The minimum atomic E-state index is -4.71. The van der Waals surface area contributed by atoms with E-state index in [1.807, 2.05) is 6.08 Å². The van der Waals surface area contributed by atoms with Gasteiger partial charge in [0.05, 0.1) is 13.2 Å². The van der Waals surface area contributed by atoms with Crippen molar-refractivity contribution in [2.45, 2.75) is 257 Å². The Bertz CT molecular complexity index is 1060. The summed E-state index contributed by atoms with van der Waals surface area (Å²) >= 11 is 0. The third-order valence-electron chi connectivity index (χ3n) is 11.2. The van der Waals surface area contributed by atoms with E-state index in [1.54, 1.807) is 0 Å². The molecule has 0 amide bonds. The largest absolute Gasteiger partial charge is 0.480 e. The number of phosphoric ester groups is 1. The molecule has 0 aromatic heterocycles. The van der Waals surface area contributed by atoms with Crippen LogP contribution in [0.1, 0.15) is 244 Å². The molecule has 11 nitrogen and oxygen atoms in total. The van der Waals surface area contributed by atoms with E-state index in [-0.39, 0.29) is 19.4 Å². The Morgan fingerprint density at radius 1 is 0.533 bits per heavy atom. The summed E-state index contributed by atoms with van der Waals surface area (Å²) < 4.78 is 32.8. The predicted octanol–water partition coefficient (Wildman–Crippen LogP) is 13.6. The number of rotatable bonds is 48. The van der Waals surface area contributed by atoms with Crippen molar-refractivity contribution < 1.29 is 47.5 Å². The molecule has 0 heterocycles.